The summed E-state index contributed by atoms with van der Waals surface area (Å²) in [5.74, 6) is 7.48. The number of hydrogen-bond donors (Lipinski definition) is 1. The molecule has 0 aliphatic rings. The van der Waals surface area contributed by atoms with Crippen molar-refractivity contribution in [3.63, 3.8) is 0 Å². The minimum absolute atomic E-state index is 0.409. The molecule has 0 bridgehead atoms. The van der Waals surface area contributed by atoms with Crippen molar-refractivity contribution in [2.75, 3.05) is 5.84 Å². The molecule has 3 heterocycles. The van der Waals surface area contributed by atoms with Gasteiger partial charge in [-0.3, -0.25) is 0 Å². The fourth-order valence-electron chi connectivity index (χ4n) is 2.77. The van der Waals surface area contributed by atoms with E-state index in [1.165, 1.54) is 22.5 Å². The minimum Gasteiger partial charge on any atom is -0.461 e. The molecular formula is C18H15ClN4O3S. The lowest BCUT2D eigenvalue weighted by Crippen LogP contribution is -2.11. The van der Waals surface area contributed by atoms with Crippen molar-refractivity contribution in [3.05, 3.63) is 63.2 Å². The van der Waals surface area contributed by atoms with Crippen LogP contribution in [0.5, 0.6) is 0 Å². The van der Waals surface area contributed by atoms with Crippen molar-refractivity contribution in [3.8, 4) is 11.6 Å². The number of furan rings is 1. The van der Waals surface area contributed by atoms with Gasteiger partial charge in [-0.15, -0.1) is 10.2 Å². The fraction of sp³-hybridized carbons (Fsp3) is 0.167. The largest absolute Gasteiger partial charge is 0.461 e. The van der Waals surface area contributed by atoms with Crippen LogP contribution in [0, 0.1) is 0 Å². The lowest BCUT2D eigenvalue weighted by molar-refractivity contribution is 0.559. The molecule has 9 heteroatoms. The molecule has 0 radical (unpaired) electrons. The second-order valence-corrected chi connectivity index (χ2v) is 7.18. The number of nitrogens with two attached hydrogens (primary N) is 1. The summed E-state index contributed by atoms with van der Waals surface area (Å²) in [5.41, 5.74) is 1.83. The molecule has 0 aliphatic carbocycles. The quantitative estimate of drug-likeness (QED) is 0.307. The molecule has 0 atom stereocenters. The van der Waals surface area contributed by atoms with Crippen LogP contribution in [0.2, 0.25) is 5.02 Å². The predicted octanol–water partition coefficient (Wildman–Crippen LogP) is 3.87. The van der Waals surface area contributed by atoms with Crippen molar-refractivity contribution in [1.82, 2.24) is 14.9 Å². The number of halogens is 1. The number of rotatable bonds is 5. The summed E-state index contributed by atoms with van der Waals surface area (Å²) in [4.78, 5) is 11.9. The Labute approximate surface area is 163 Å². The normalized spacial score (nSPS) is 11.3. The maximum atomic E-state index is 11.9. The van der Waals surface area contributed by atoms with Crippen molar-refractivity contribution in [2.45, 2.75) is 24.3 Å². The maximum absolute atomic E-state index is 11.9. The van der Waals surface area contributed by atoms with E-state index < -0.39 is 5.63 Å². The van der Waals surface area contributed by atoms with Crippen LogP contribution < -0.4 is 11.5 Å². The van der Waals surface area contributed by atoms with Crippen molar-refractivity contribution in [1.29, 1.82) is 0 Å². The molecule has 2 N–H and O–H groups in total. The van der Waals surface area contributed by atoms with E-state index in [2.05, 4.69) is 10.2 Å². The first-order valence-electron chi connectivity index (χ1n) is 8.19. The van der Waals surface area contributed by atoms with Gasteiger partial charge in [0.1, 0.15) is 5.58 Å². The molecule has 0 spiro atoms. The molecule has 4 aromatic rings. The van der Waals surface area contributed by atoms with Crippen LogP contribution in [0.4, 0.5) is 0 Å². The number of nitrogens with zero attached hydrogens (tertiary/aromatic N) is 3. The molecule has 0 amide bonds. The molecule has 0 aliphatic heterocycles. The summed E-state index contributed by atoms with van der Waals surface area (Å²) >= 11 is 7.69. The molecule has 0 unspecified atom stereocenters. The molecule has 0 fully saturated rings. The molecule has 138 valence electrons. The second kappa shape index (κ2) is 7.13. The van der Waals surface area contributed by atoms with Gasteiger partial charge in [-0.05, 0) is 41.8 Å². The zero-order valence-corrected chi connectivity index (χ0v) is 15.9. The molecule has 4 rings (SSSR count). The lowest BCUT2D eigenvalue weighted by Gasteiger charge is -2.08. The summed E-state index contributed by atoms with van der Waals surface area (Å²) in [5, 5.41) is 10.1. The number of hydrogen-bond acceptors (Lipinski definition) is 7. The van der Waals surface area contributed by atoms with Crippen LogP contribution in [-0.4, -0.2) is 14.9 Å². The van der Waals surface area contributed by atoms with Gasteiger partial charge in [-0.2, -0.15) is 0 Å². The number of nitrogen functional groups attached to an aromatic ring is 1. The van der Waals surface area contributed by atoms with Crippen LogP contribution >= 0.6 is 23.4 Å². The van der Waals surface area contributed by atoms with E-state index in [4.69, 9.17) is 26.3 Å². The Morgan fingerprint density at radius 2 is 2.11 bits per heavy atom. The van der Waals surface area contributed by atoms with E-state index in [9.17, 15) is 4.79 Å². The summed E-state index contributed by atoms with van der Waals surface area (Å²) in [7, 11) is 0. The summed E-state index contributed by atoms with van der Waals surface area (Å²) in [6, 6.07) is 8.61. The average Bonchev–Trinajstić information content (AvgIpc) is 3.29. The van der Waals surface area contributed by atoms with Crippen LogP contribution in [0.3, 0.4) is 0 Å². The first-order chi connectivity index (χ1) is 13.1. The van der Waals surface area contributed by atoms with Crippen LogP contribution in [0.1, 0.15) is 18.1 Å². The minimum atomic E-state index is -0.409. The number of benzene rings is 1. The Balaban J connectivity index is 1.66. The van der Waals surface area contributed by atoms with Gasteiger partial charge in [0.05, 0.1) is 6.26 Å². The lowest BCUT2D eigenvalue weighted by atomic mass is 10.1. The zero-order valence-electron chi connectivity index (χ0n) is 14.3. The third-order valence-corrected chi connectivity index (χ3v) is 5.48. The van der Waals surface area contributed by atoms with Gasteiger partial charge in [-0.1, -0.05) is 30.3 Å². The highest BCUT2D eigenvalue weighted by molar-refractivity contribution is 7.98. The van der Waals surface area contributed by atoms with E-state index in [0.717, 1.165) is 22.9 Å². The van der Waals surface area contributed by atoms with Crippen LogP contribution in [-0.2, 0) is 12.2 Å². The zero-order chi connectivity index (χ0) is 19.0. The first kappa shape index (κ1) is 17.7. The van der Waals surface area contributed by atoms with Gasteiger partial charge in [-0.25, -0.2) is 9.47 Å². The highest BCUT2D eigenvalue weighted by Crippen LogP contribution is 2.30. The third-order valence-electron chi connectivity index (χ3n) is 4.14. The Hall–Kier alpha value is -2.71. The van der Waals surface area contributed by atoms with Gasteiger partial charge < -0.3 is 14.7 Å². The SMILES string of the molecule is CCc1cc2oc(=O)cc(CSc3nnc(-c4ccco4)n3N)c2cc1Cl. The van der Waals surface area contributed by atoms with Crippen molar-refractivity contribution < 1.29 is 8.83 Å². The molecule has 27 heavy (non-hydrogen) atoms. The molecule has 0 saturated carbocycles. The van der Waals surface area contributed by atoms with Gasteiger partial charge in [0, 0.05) is 22.2 Å². The third kappa shape index (κ3) is 3.33. The Morgan fingerprint density at radius 3 is 2.85 bits per heavy atom. The summed E-state index contributed by atoms with van der Waals surface area (Å²) in [6.45, 7) is 2.00. The second-order valence-electron chi connectivity index (χ2n) is 5.83. The van der Waals surface area contributed by atoms with Gasteiger partial charge >= 0.3 is 5.63 Å². The first-order valence-corrected chi connectivity index (χ1v) is 9.55. The number of thioether (sulfide) groups is 1. The Kier molecular flexibility index (Phi) is 4.67. The van der Waals surface area contributed by atoms with E-state index >= 15 is 0 Å². The van der Waals surface area contributed by atoms with Gasteiger partial charge in [0.2, 0.25) is 11.0 Å². The van der Waals surface area contributed by atoms with Gasteiger partial charge in [0.15, 0.2) is 5.76 Å². The Morgan fingerprint density at radius 1 is 1.26 bits per heavy atom. The van der Waals surface area contributed by atoms with Crippen LogP contribution in [0.25, 0.3) is 22.6 Å². The van der Waals surface area contributed by atoms with E-state index in [1.807, 2.05) is 19.1 Å². The molecule has 3 aromatic heterocycles. The molecule has 0 saturated heterocycles. The standard InChI is InChI=1S/C18H15ClN4O3S/c1-2-10-6-15-12(8-13(10)19)11(7-16(24)26-15)9-27-18-22-21-17(23(18)20)14-4-3-5-25-14/h3-8H,2,9,20H2,1H3. The van der Waals surface area contributed by atoms with Crippen molar-refractivity contribution >= 4 is 34.3 Å². The van der Waals surface area contributed by atoms with Crippen LogP contribution in [0.15, 0.2) is 55.4 Å². The number of aryl methyl sites for hydroxylation is 1. The maximum Gasteiger partial charge on any atom is 0.336 e. The smallest absolute Gasteiger partial charge is 0.336 e. The predicted molar refractivity (Wildman–Crippen MR) is 104 cm³/mol. The fourth-order valence-corrected chi connectivity index (χ4v) is 3.92. The topological polar surface area (TPSA) is 100 Å². The van der Waals surface area contributed by atoms with Crippen molar-refractivity contribution in [2.24, 2.45) is 0 Å². The van der Waals surface area contributed by atoms with E-state index in [1.54, 1.807) is 18.4 Å². The number of aromatic nitrogens is 3. The highest BCUT2D eigenvalue weighted by atomic mass is 35.5. The number of fused-ring (bicyclic) bond motifs is 1. The molecule has 1 aromatic carbocycles. The Bertz CT molecular complexity index is 1170. The average molecular weight is 403 g/mol. The molecule has 7 nitrogen and oxygen atoms in total. The van der Waals surface area contributed by atoms with E-state index in [-0.39, 0.29) is 0 Å². The van der Waals surface area contributed by atoms with E-state index in [0.29, 0.717) is 33.1 Å². The summed E-state index contributed by atoms with van der Waals surface area (Å²) in [6.07, 6.45) is 2.30. The molecular weight excluding hydrogens is 388 g/mol. The highest BCUT2D eigenvalue weighted by Gasteiger charge is 2.16. The monoisotopic (exact) mass is 402 g/mol. The van der Waals surface area contributed by atoms with Gasteiger partial charge in [0.25, 0.3) is 0 Å². The summed E-state index contributed by atoms with van der Waals surface area (Å²) < 4.78 is 12.0.